The highest BCUT2D eigenvalue weighted by molar-refractivity contribution is 5.80. The van der Waals surface area contributed by atoms with Crippen molar-refractivity contribution in [2.24, 2.45) is 5.73 Å². The summed E-state index contributed by atoms with van der Waals surface area (Å²) in [6, 6.07) is 3.89. The fraction of sp³-hybridized carbons (Fsp3) is 0.300. The highest BCUT2D eigenvalue weighted by Gasteiger charge is 2.14. The summed E-state index contributed by atoms with van der Waals surface area (Å²) < 4.78 is 0. The molecule has 0 spiro atoms. The van der Waals surface area contributed by atoms with Crippen LogP contribution in [0, 0.1) is 0 Å². The summed E-state index contributed by atoms with van der Waals surface area (Å²) in [6.07, 6.45) is 0. The number of amides is 1. The van der Waals surface area contributed by atoms with Crippen LogP contribution in [-0.2, 0) is 11.3 Å². The van der Waals surface area contributed by atoms with Gasteiger partial charge in [0.1, 0.15) is 11.8 Å². The Morgan fingerprint density at radius 2 is 2.19 bits per heavy atom. The van der Waals surface area contributed by atoms with Gasteiger partial charge in [-0.1, -0.05) is 6.07 Å². The number of carbonyl (C=O) groups is 1. The summed E-state index contributed by atoms with van der Waals surface area (Å²) in [5.74, 6) is -0.620. The number of phenolic OH excluding ortho intramolecular Hbond substituents is 1. The van der Waals surface area contributed by atoms with Gasteiger partial charge in [-0.2, -0.15) is 0 Å². The van der Waals surface area contributed by atoms with Crippen LogP contribution < -0.4 is 16.8 Å². The number of aliphatic hydroxyl groups excluding tert-OH is 1. The topological polar surface area (TPSA) is 122 Å². The van der Waals surface area contributed by atoms with E-state index in [4.69, 9.17) is 16.6 Å². The zero-order chi connectivity index (χ0) is 12.1. The number of primary amides is 1. The van der Waals surface area contributed by atoms with Crippen LogP contribution in [0.2, 0.25) is 0 Å². The Bertz CT molecular complexity index is 361. The Morgan fingerprint density at radius 3 is 2.69 bits per heavy atom. The van der Waals surface area contributed by atoms with E-state index in [1.165, 1.54) is 6.07 Å². The lowest BCUT2D eigenvalue weighted by Gasteiger charge is -2.14. The maximum Gasteiger partial charge on any atom is 0.236 e. The van der Waals surface area contributed by atoms with Gasteiger partial charge in [0, 0.05) is 17.8 Å². The molecule has 0 radical (unpaired) electrons. The van der Waals surface area contributed by atoms with E-state index in [0.29, 0.717) is 11.3 Å². The van der Waals surface area contributed by atoms with E-state index in [-0.39, 0.29) is 12.3 Å². The van der Waals surface area contributed by atoms with Gasteiger partial charge >= 0.3 is 0 Å². The molecule has 0 bridgehead atoms. The number of aliphatic hydroxyl groups is 1. The molecule has 0 aliphatic heterocycles. The van der Waals surface area contributed by atoms with E-state index in [9.17, 15) is 9.90 Å². The summed E-state index contributed by atoms with van der Waals surface area (Å²) in [7, 11) is 0. The summed E-state index contributed by atoms with van der Waals surface area (Å²) in [6.45, 7) is -0.241. The van der Waals surface area contributed by atoms with Crippen molar-refractivity contribution in [1.82, 2.24) is 5.32 Å². The number of carbonyl (C=O) groups excluding carboxylic acids is 1. The standard InChI is InChI=1S/C10H15N3O3/c11-7-2-1-3-9(15)6(7)4-13-8(5-14)10(12)16/h1-3,8,13-15H,4-5,11H2,(H2,12,16). The Kier molecular flexibility index (Phi) is 4.10. The van der Waals surface area contributed by atoms with Gasteiger partial charge in [0.25, 0.3) is 0 Å². The van der Waals surface area contributed by atoms with Crippen LogP contribution in [0.25, 0.3) is 0 Å². The molecule has 1 aromatic carbocycles. The molecule has 1 rings (SSSR count). The number of nitrogen functional groups attached to an aromatic ring is 1. The molecule has 0 saturated heterocycles. The first kappa shape index (κ1) is 12.3. The van der Waals surface area contributed by atoms with Crippen LogP contribution in [0.1, 0.15) is 5.56 Å². The lowest BCUT2D eigenvalue weighted by atomic mass is 10.1. The molecule has 0 aliphatic rings. The van der Waals surface area contributed by atoms with Crippen molar-refractivity contribution >= 4 is 11.6 Å². The first-order chi connectivity index (χ1) is 7.56. The Labute approximate surface area is 92.9 Å². The lowest BCUT2D eigenvalue weighted by Crippen LogP contribution is -2.43. The maximum absolute atomic E-state index is 10.8. The third kappa shape index (κ3) is 2.85. The quantitative estimate of drug-likeness (QED) is 0.408. The average molecular weight is 225 g/mol. The summed E-state index contributed by atoms with van der Waals surface area (Å²) in [5.41, 5.74) is 11.6. The molecular formula is C10H15N3O3. The number of hydrogen-bond acceptors (Lipinski definition) is 5. The summed E-state index contributed by atoms with van der Waals surface area (Å²) >= 11 is 0. The van der Waals surface area contributed by atoms with Crippen molar-refractivity contribution < 1.29 is 15.0 Å². The van der Waals surface area contributed by atoms with Crippen molar-refractivity contribution in [3.8, 4) is 5.75 Å². The fourth-order valence-electron chi connectivity index (χ4n) is 1.26. The smallest absolute Gasteiger partial charge is 0.236 e. The third-order valence-corrected chi connectivity index (χ3v) is 2.24. The molecule has 1 aromatic rings. The molecule has 16 heavy (non-hydrogen) atoms. The van der Waals surface area contributed by atoms with E-state index in [1.54, 1.807) is 12.1 Å². The zero-order valence-corrected chi connectivity index (χ0v) is 8.68. The number of benzene rings is 1. The van der Waals surface area contributed by atoms with Crippen LogP contribution in [0.4, 0.5) is 5.69 Å². The number of phenols is 1. The molecule has 0 aromatic heterocycles. The van der Waals surface area contributed by atoms with Crippen molar-refractivity contribution in [2.75, 3.05) is 12.3 Å². The van der Waals surface area contributed by atoms with Crippen LogP contribution >= 0.6 is 0 Å². The minimum Gasteiger partial charge on any atom is -0.508 e. The van der Waals surface area contributed by atoms with Gasteiger partial charge in [-0.25, -0.2) is 0 Å². The molecule has 6 heteroatoms. The zero-order valence-electron chi connectivity index (χ0n) is 8.68. The third-order valence-electron chi connectivity index (χ3n) is 2.24. The number of nitrogens with two attached hydrogens (primary N) is 2. The largest absolute Gasteiger partial charge is 0.508 e. The van der Waals surface area contributed by atoms with Gasteiger partial charge < -0.3 is 21.7 Å². The van der Waals surface area contributed by atoms with Gasteiger partial charge in [-0.15, -0.1) is 0 Å². The monoisotopic (exact) mass is 225 g/mol. The molecule has 1 unspecified atom stereocenters. The van der Waals surface area contributed by atoms with Crippen LogP contribution in [0.15, 0.2) is 18.2 Å². The normalized spacial score (nSPS) is 12.3. The number of aromatic hydroxyl groups is 1. The van der Waals surface area contributed by atoms with E-state index in [2.05, 4.69) is 5.32 Å². The number of rotatable bonds is 5. The second-order valence-corrected chi connectivity index (χ2v) is 3.36. The minimum absolute atomic E-state index is 0.0358. The predicted molar refractivity (Wildman–Crippen MR) is 59.4 cm³/mol. The molecular weight excluding hydrogens is 210 g/mol. The maximum atomic E-state index is 10.8. The lowest BCUT2D eigenvalue weighted by molar-refractivity contribution is -0.120. The van der Waals surface area contributed by atoms with E-state index >= 15 is 0 Å². The highest BCUT2D eigenvalue weighted by atomic mass is 16.3. The predicted octanol–water partition coefficient (Wildman–Crippen LogP) is -1.09. The molecule has 0 heterocycles. The van der Waals surface area contributed by atoms with Crippen molar-refractivity contribution in [3.05, 3.63) is 23.8 Å². The Morgan fingerprint density at radius 1 is 1.50 bits per heavy atom. The molecule has 0 fully saturated rings. The van der Waals surface area contributed by atoms with Gasteiger partial charge in [0.2, 0.25) is 5.91 Å². The molecule has 88 valence electrons. The molecule has 0 aliphatic carbocycles. The molecule has 1 atom stereocenters. The van der Waals surface area contributed by atoms with Crippen molar-refractivity contribution in [1.29, 1.82) is 0 Å². The van der Waals surface area contributed by atoms with Crippen molar-refractivity contribution in [2.45, 2.75) is 12.6 Å². The van der Waals surface area contributed by atoms with Gasteiger partial charge in [0.05, 0.1) is 6.61 Å². The van der Waals surface area contributed by atoms with Crippen LogP contribution in [0.3, 0.4) is 0 Å². The SMILES string of the molecule is NC(=O)C(CO)NCc1c(N)cccc1O. The number of hydrogen-bond donors (Lipinski definition) is 5. The van der Waals surface area contributed by atoms with Crippen LogP contribution in [-0.4, -0.2) is 28.8 Å². The number of nitrogens with one attached hydrogen (secondary N) is 1. The second-order valence-electron chi connectivity index (χ2n) is 3.36. The van der Waals surface area contributed by atoms with Crippen LogP contribution in [0.5, 0.6) is 5.75 Å². The molecule has 6 nitrogen and oxygen atoms in total. The first-order valence-electron chi connectivity index (χ1n) is 4.76. The van der Waals surface area contributed by atoms with Crippen molar-refractivity contribution in [3.63, 3.8) is 0 Å². The van der Waals surface area contributed by atoms with E-state index in [1.807, 2.05) is 0 Å². The van der Waals surface area contributed by atoms with Gasteiger partial charge in [-0.05, 0) is 12.1 Å². The number of anilines is 1. The van der Waals surface area contributed by atoms with E-state index in [0.717, 1.165) is 0 Å². The fourth-order valence-corrected chi connectivity index (χ4v) is 1.26. The molecule has 1 amide bonds. The highest BCUT2D eigenvalue weighted by Crippen LogP contribution is 2.22. The summed E-state index contributed by atoms with van der Waals surface area (Å²) in [5, 5.41) is 21.1. The van der Waals surface area contributed by atoms with Gasteiger partial charge in [0.15, 0.2) is 0 Å². The second kappa shape index (κ2) is 5.34. The minimum atomic E-state index is -0.848. The molecule has 7 N–H and O–H groups in total. The Hall–Kier alpha value is -1.79. The summed E-state index contributed by atoms with van der Waals surface area (Å²) in [4.78, 5) is 10.8. The van der Waals surface area contributed by atoms with Gasteiger partial charge in [-0.3, -0.25) is 10.1 Å². The molecule has 0 saturated carbocycles. The van der Waals surface area contributed by atoms with E-state index < -0.39 is 18.6 Å². The average Bonchev–Trinajstić information content (AvgIpc) is 2.22. The Balaban J connectivity index is 2.70. The first-order valence-corrected chi connectivity index (χ1v) is 4.76.